The lowest BCUT2D eigenvalue weighted by Gasteiger charge is -2.16. The van der Waals surface area contributed by atoms with Gasteiger partial charge in [-0.25, -0.2) is 4.98 Å². The fourth-order valence-electron chi connectivity index (χ4n) is 2.07. The zero-order valence-electron chi connectivity index (χ0n) is 9.86. The lowest BCUT2D eigenvalue weighted by atomic mass is 10.1. The van der Waals surface area contributed by atoms with E-state index in [1.165, 1.54) is 0 Å². The van der Waals surface area contributed by atoms with Crippen LogP contribution in [0.25, 0.3) is 0 Å². The first-order chi connectivity index (χ1) is 8.83. The molecule has 2 aromatic rings. The zero-order valence-corrected chi connectivity index (χ0v) is 9.86. The molecule has 1 aliphatic rings. The second kappa shape index (κ2) is 4.62. The molecule has 1 aliphatic heterocycles. The van der Waals surface area contributed by atoms with Crippen LogP contribution in [-0.2, 0) is 13.0 Å². The summed E-state index contributed by atoms with van der Waals surface area (Å²) < 4.78 is 0. The Balaban J connectivity index is 1.94. The van der Waals surface area contributed by atoms with Gasteiger partial charge in [0.15, 0.2) is 0 Å². The van der Waals surface area contributed by atoms with Crippen LogP contribution in [0.4, 0.5) is 11.6 Å². The van der Waals surface area contributed by atoms with Crippen LogP contribution in [0.1, 0.15) is 11.3 Å². The van der Waals surface area contributed by atoms with E-state index in [4.69, 9.17) is 0 Å². The predicted octanol–water partition coefficient (Wildman–Crippen LogP) is 1.16. The Morgan fingerprint density at radius 1 is 1.22 bits per heavy atom. The minimum Gasteiger partial charge on any atom is -0.326 e. The summed E-state index contributed by atoms with van der Waals surface area (Å²) in [5.74, 6) is 0.506. The maximum absolute atomic E-state index is 11.9. The van der Waals surface area contributed by atoms with E-state index >= 15 is 0 Å². The summed E-state index contributed by atoms with van der Waals surface area (Å²) in [6.07, 6.45) is 0.794. The summed E-state index contributed by atoms with van der Waals surface area (Å²) in [4.78, 5) is 19.1. The molecule has 0 radical (unpaired) electrons. The summed E-state index contributed by atoms with van der Waals surface area (Å²) in [6, 6.07) is 9.67. The van der Waals surface area contributed by atoms with Gasteiger partial charge >= 0.3 is 0 Å². The molecule has 1 aromatic carbocycles. The van der Waals surface area contributed by atoms with Gasteiger partial charge in [0.1, 0.15) is 0 Å². The number of fused-ring (bicyclic) bond motifs is 1. The minimum atomic E-state index is -0.0642. The molecule has 0 aliphatic carbocycles. The lowest BCUT2D eigenvalue weighted by Crippen LogP contribution is -2.31. The number of H-pyrrole nitrogens is 1. The molecule has 0 amide bonds. The van der Waals surface area contributed by atoms with Crippen molar-refractivity contribution in [3.8, 4) is 0 Å². The second-order valence-electron chi connectivity index (χ2n) is 4.26. The van der Waals surface area contributed by atoms with E-state index in [1.807, 2.05) is 30.3 Å². The van der Waals surface area contributed by atoms with E-state index < -0.39 is 0 Å². The van der Waals surface area contributed by atoms with Crippen molar-refractivity contribution in [3.63, 3.8) is 0 Å². The van der Waals surface area contributed by atoms with E-state index in [1.54, 1.807) is 0 Å². The highest BCUT2D eigenvalue weighted by Crippen LogP contribution is 2.13. The highest BCUT2D eigenvalue weighted by atomic mass is 16.1. The molecule has 0 fully saturated rings. The number of para-hydroxylation sites is 1. The third-order valence-electron chi connectivity index (χ3n) is 2.98. The van der Waals surface area contributed by atoms with E-state index in [9.17, 15) is 4.79 Å². The monoisotopic (exact) mass is 242 g/mol. The Kier molecular flexibility index (Phi) is 2.82. The van der Waals surface area contributed by atoms with Crippen molar-refractivity contribution in [2.75, 3.05) is 11.9 Å². The Bertz CT molecular complexity index is 606. The van der Waals surface area contributed by atoms with Gasteiger partial charge in [0.2, 0.25) is 5.95 Å². The molecule has 18 heavy (non-hydrogen) atoms. The molecule has 2 heterocycles. The number of aromatic nitrogens is 2. The van der Waals surface area contributed by atoms with Gasteiger partial charge in [-0.05, 0) is 12.1 Å². The molecule has 3 rings (SSSR count). The molecule has 5 heteroatoms. The van der Waals surface area contributed by atoms with Gasteiger partial charge in [-0.1, -0.05) is 18.2 Å². The number of hydrogen-bond donors (Lipinski definition) is 3. The van der Waals surface area contributed by atoms with Gasteiger partial charge in [-0.2, -0.15) is 0 Å². The first-order valence-electron chi connectivity index (χ1n) is 5.98. The van der Waals surface area contributed by atoms with Gasteiger partial charge in [0.25, 0.3) is 5.56 Å². The number of aromatic amines is 1. The number of nitrogens with one attached hydrogen (secondary N) is 3. The molecule has 1 aromatic heterocycles. The van der Waals surface area contributed by atoms with Crippen LogP contribution in [-0.4, -0.2) is 16.5 Å². The Morgan fingerprint density at radius 2 is 2.06 bits per heavy atom. The molecule has 0 atom stereocenters. The minimum absolute atomic E-state index is 0.0642. The molecule has 3 N–H and O–H groups in total. The van der Waals surface area contributed by atoms with Crippen LogP contribution in [0.3, 0.4) is 0 Å². The fourth-order valence-corrected chi connectivity index (χ4v) is 2.07. The van der Waals surface area contributed by atoms with Crippen molar-refractivity contribution < 1.29 is 0 Å². The number of hydrogen-bond acceptors (Lipinski definition) is 4. The van der Waals surface area contributed by atoms with Gasteiger partial charge in [-0.15, -0.1) is 0 Å². The Labute approximate surface area is 104 Å². The predicted molar refractivity (Wildman–Crippen MR) is 70.0 cm³/mol. The van der Waals surface area contributed by atoms with Crippen LogP contribution in [0.2, 0.25) is 0 Å². The van der Waals surface area contributed by atoms with Gasteiger partial charge in [0, 0.05) is 25.2 Å². The van der Waals surface area contributed by atoms with Crippen molar-refractivity contribution in [1.82, 2.24) is 15.3 Å². The van der Waals surface area contributed by atoms with Crippen LogP contribution < -0.4 is 16.2 Å². The number of rotatable bonds is 2. The van der Waals surface area contributed by atoms with Crippen LogP contribution in [0, 0.1) is 0 Å². The lowest BCUT2D eigenvalue weighted by molar-refractivity contribution is 0.621. The Hall–Kier alpha value is -2.14. The second-order valence-corrected chi connectivity index (χ2v) is 4.26. The first-order valence-corrected chi connectivity index (χ1v) is 5.98. The molecule has 0 spiro atoms. The van der Waals surface area contributed by atoms with E-state index in [-0.39, 0.29) is 5.56 Å². The highest BCUT2D eigenvalue weighted by molar-refractivity contribution is 5.52. The van der Waals surface area contributed by atoms with Crippen molar-refractivity contribution in [3.05, 3.63) is 51.9 Å². The number of benzene rings is 1. The van der Waals surface area contributed by atoms with Crippen LogP contribution in [0.5, 0.6) is 0 Å². The zero-order chi connectivity index (χ0) is 12.4. The third kappa shape index (κ3) is 2.12. The fraction of sp³-hybridized carbons (Fsp3) is 0.231. The van der Waals surface area contributed by atoms with Crippen molar-refractivity contribution in [2.24, 2.45) is 0 Å². The number of nitrogens with zero attached hydrogens (tertiary/aromatic N) is 1. The van der Waals surface area contributed by atoms with Gasteiger partial charge < -0.3 is 10.6 Å². The van der Waals surface area contributed by atoms with Gasteiger partial charge in [0.05, 0.1) is 11.3 Å². The summed E-state index contributed by atoms with van der Waals surface area (Å²) in [6.45, 7) is 1.47. The average Bonchev–Trinajstić information content (AvgIpc) is 2.40. The summed E-state index contributed by atoms with van der Waals surface area (Å²) in [5, 5.41) is 6.28. The van der Waals surface area contributed by atoms with E-state index in [0.29, 0.717) is 12.5 Å². The highest BCUT2D eigenvalue weighted by Gasteiger charge is 2.14. The maximum Gasteiger partial charge on any atom is 0.257 e. The third-order valence-corrected chi connectivity index (χ3v) is 2.98. The maximum atomic E-state index is 11.9. The van der Waals surface area contributed by atoms with Crippen LogP contribution >= 0.6 is 0 Å². The SMILES string of the molecule is O=c1[nH]c(Nc2ccccc2)nc2c1CNCC2. The van der Waals surface area contributed by atoms with E-state index in [2.05, 4.69) is 20.6 Å². The van der Waals surface area contributed by atoms with Crippen LogP contribution in [0.15, 0.2) is 35.1 Å². The normalized spacial score (nSPS) is 14.0. The largest absolute Gasteiger partial charge is 0.326 e. The summed E-state index contributed by atoms with van der Waals surface area (Å²) >= 11 is 0. The molecular formula is C13H14N4O. The molecule has 0 bridgehead atoms. The van der Waals surface area contributed by atoms with Gasteiger partial charge in [-0.3, -0.25) is 9.78 Å². The molecular weight excluding hydrogens is 228 g/mol. The van der Waals surface area contributed by atoms with E-state index in [0.717, 1.165) is 29.9 Å². The molecule has 0 unspecified atom stereocenters. The molecule has 0 saturated carbocycles. The molecule has 0 saturated heterocycles. The van der Waals surface area contributed by atoms with Crippen molar-refractivity contribution >= 4 is 11.6 Å². The molecule has 92 valence electrons. The molecule has 5 nitrogen and oxygen atoms in total. The van der Waals surface area contributed by atoms with Crippen molar-refractivity contribution in [1.29, 1.82) is 0 Å². The first kappa shape index (κ1) is 11.0. The quantitative estimate of drug-likeness (QED) is 0.739. The summed E-state index contributed by atoms with van der Waals surface area (Å²) in [5.41, 5.74) is 2.48. The standard InChI is InChI=1S/C13H14N4O/c18-12-10-8-14-7-6-11(10)16-13(17-12)15-9-4-2-1-3-5-9/h1-5,14H,6-8H2,(H2,15,16,17,18). The smallest absolute Gasteiger partial charge is 0.257 e. The number of anilines is 2. The summed E-state index contributed by atoms with van der Waals surface area (Å²) in [7, 11) is 0. The van der Waals surface area contributed by atoms with Crippen molar-refractivity contribution in [2.45, 2.75) is 13.0 Å². The Morgan fingerprint density at radius 3 is 2.89 bits per heavy atom. The topological polar surface area (TPSA) is 69.8 Å². The average molecular weight is 242 g/mol.